The van der Waals surface area contributed by atoms with Crippen LogP contribution in [0.1, 0.15) is 6.42 Å². The van der Waals surface area contributed by atoms with Gasteiger partial charge in [0, 0.05) is 66.5 Å². The van der Waals surface area contributed by atoms with Crippen LogP contribution in [0.2, 0.25) is 0 Å². The summed E-state index contributed by atoms with van der Waals surface area (Å²) in [4.78, 5) is 2.39. The Morgan fingerprint density at radius 2 is 0.627 bits per heavy atom. The lowest BCUT2D eigenvalue weighted by Gasteiger charge is -2.27. The molecule has 0 atom stereocenters. The van der Waals surface area contributed by atoms with Crippen molar-refractivity contribution in [1.29, 1.82) is 0 Å². The zero-order valence-corrected chi connectivity index (χ0v) is 32.3. The average molecular weight is 755 g/mol. The lowest BCUT2D eigenvalue weighted by Crippen LogP contribution is -2.15. The molecule has 3 aromatic heterocycles. The van der Waals surface area contributed by atoms with Crippen molar-refractivity contribution in [3.8, 4) is 11.4 Å². The molecule has 0 spiro atoms. The third-order valence-electron chi connectivity index (χ3n) is 12.1. The molecule has 0 amide bonds. The molecule has 0 unspecified atom stereocenters. The van der Waals surface area contributed by atoms with Crippen LogP contribution in [-0.4, -0.2) is 13.7 Å². The minimum atomic E-state index is 0.786. The molecule has 12 rings (SSSR count). The Morgan fingerprint density at radius 1 is 0.305 bits per heavy atom. The molecule has 0 saturated carbocycles. The molecule has 8 aromatic carbocycles. The second-order valence-corrected chi connectivity index (χ2v) is 15.3. The summed E-state index contributed by atoms with van der Waals surface area (Å²) in [5.74, 6) is 0. The van der Waals surface area contributed by atoms with Crippen LogP contribution in [0.5, 0.6) is 0 Å². The van der Waals surface area contributed by atoms with Crippen molar-refractivity contribution in [3.63, 3.8) is 0 Å². The average Bonchev–Trinajstić information content (AvgIpc) is 3.86. The Hall–Kier alpha value is -7.82. The molecule has 0 bridgehead atoms. The maximum absolute atomic E-state index is 2.41. The van der Waals surface area contributed by atoms with Gasteiger partial charge < -0.3 is 18.6 Å². The lowest BCUT2D eigenvalue weighted by atomic mass is 10.1. The van der Waals surface area contributed by atoms with E-state index in [-0.39, 0.29) is 0 Å². The molecule has 3 heterocycles. The van der Waals surface area contributed by atoms with Gasteiger partial charge in [-0.25, -0.2) is 0 Å². The van der Waals surface area contributed by atoms with Gasteiger partial charge in [0.2, 0.25) is 0 Å². The first-order valence-electron chi connectivity index (χ1n) is 20.3. The van der Waals surface area contributed by atoms with Crippen molar-refractivity contribution in [1.82, 2.24) is 13.7 Å². The van der Waals surface area contributed by atoms with Crippen molar-refractivity contribution in [3.05, 3.63) is 224 Å². The minimum Gasteiger partial charge on any atom is -0.311 e. The summed E-state index contributed by atoms with van der Waals surface area (Å²) in [5, 5.41) is 7.58. The normalized spacial score (nSPS) is 13.2. The highest BCUT2D eigenvalue weighted by molar-refractivity contribution is 6.11. The van der Waals surface area contributed by atoms with E-state index >= 15 is 0 Å². The van der Waals surface area contributed by atoms with Crippen molar-refractivity contribution < 1.29 is 0 Å². The van der Waals surface area contributed by atoms with Gasteiger partial charge >= 0.3 is 0 Å². The number of anilines is 2. The van der Waals surface area contributed by atoms with Crippen molar-refractivity contribution >= 4 is 82.5 Å². The Labute approximate surface area is 341 Å². The van der Waals surface area contributed by atoms with Crippen LogP contribution < -0.4 is 4.90 Å². The number of allylic oxidation sites excluding steroid dienone is 5. The van der Waals surface area contributed by atoms with Gasteiger partial charge in [-0.1, -0.05) is 121 Å². The maximum atomic E-state index is 2.41. The van der Waals surface area contributed by atoms with Gasteiger partial charge in [0.15, 0.2) is 0 Å². The number of hydrogen-bond donors (Lipinski definition) is 0. The lowest BCUT2D eigenvalue weighted by molar-refractivity contribution is 1.14. The van der Waals surface area contributed by atoms with E-state index in [1.807, 2.05) is 0 Å². The number of aromatic nitrogens is 3. The zero-order valence-electron chi connectivity index (χ0n) is 32.3. The second kappa shape index (κ2) is 13.4. The summed E-state index contributed by atoms with van der Waals surface area (Å²) < 4.78 is 7.17. The predicted molar refractivity (Wildman–Crippen MR) is 249 cm³/mol. The molecule has 1 aliphatic rings. The van der Waals surface area contributed by atoms with E-state index in [1.165, 1.54) is 65.4 Å². The van der Waals surface area contributed by atoms with Crippen LogP contribution in [0.3, 0.4) is 0 Å². The highest BCUT2D eigenvalue weighted by Crippen LogP contribution is 2.39. The Morgan fingerprint density at radius 3 is 0.983 bits per heavy atom. The van der Waals surface area contributed by atoms with Crippen LogP contribution in [0, 0.1) is 0 Å². The highest BCUT2D eigenvalue weighted by Gasteiger charge is 2.19. The van der Waals surface area contributed by atoms with Gasteiger partial charge in [0.1, 0.15) is 0 Å². The van der Waals surface area contributed by atoms with Gasteiger partial charge in [-0.2, -0.15) is 0 Å². The number of fused-ring (bicyclic) bond motifs is 9. The smallest absolute Gasteiger partial charge is 0.0541 e. The van der Waals surface area contributed by atoms with E-state index in [4.69, 9.17) is 0 Å². The van der Waals surface area contributed by atoms with Gasteiger partial charge in [0.25, 0.3) is 0 Å². The number of benzene rings is 8. The fourth-order valence-electron chi connectivity index (χ4n) is 9.49. The van der Waals surface area contributed by atoms with Crippen molar-refractivity contribution in [2.75, 3.05) is 4.90 Å². The Bertz CT molecular complexity index is 3200. The number of rotatable bonds is 6. The predicted octanol–water partition coefficient (Wildman–Crippen LogP) is 14.5. The van der Waals surface area contributed by atoms with Gasteiger partial charge in [-0.15, -0.1) is 0 Å². The van der Waals surface area contributed by atoms with E-state index in [0.717, 1.165) is 40.6 Å². The standard InChI is InChI=1S/C55H38N4/c1-7-22-50-44(16-1)45-17-2-8-23-51(45)57(50)39-15-13-14-38(28-29-39)56(40-30-34-42(35-31-40)58-52-24-9-3-18-46(52)47-19-4-10-25-53(47)58)41-32-36-43(37-33-41)59-54-26-11-5-20-48(54)49-21-6-12-27-55(49)59/h1-12,14-37H,13H2. The highest BCUT2D eigenvalue weighted by atomic mass is 15.1. The summed E-state index contributed by atoms with van der Waals surface area (Å²) in [6.45, 7) is 0. The quantitative estimate of drug-likeness (QED) is 0.165. The number of hydrogen-bond acceptors (Lipinski definition) is 1. The third-order valence-corrected chi connectivity index (χ3v) is 12.1. The molecule has 0 saturated heterocycles. The van der Waals surface area contributed by atoms with Crippen LogP contribution in [0.15, 0.2) is 224 Å². The Kier molecular flexibility index (Phi) is 7.57. The monoisotopic (exact) mass is 754 g/mol. The van der Waals surface area contributed by atoms with E-state index < -0.39 is 0 Å². The fourth-order valence-corrected chi connectivity index (χ4v) is 9.49. The van der Waals surface area contributed by atoms with Crippen LogP contribution in [0.4, 0.5) is 11.4 Å². The van der Waals surface area contributed by atoms with E-state index in [0.29, 0.717) is 0 Å². The number of nitrogens with zero attached hydrogens (tertiary/aromatic N) is 4. The maximum Gasteiger partial charge on any atom is 0.0541 e. The first-order valence-corrected chi connectivity index (χ1v) is 20.3. The number of para-hydroxylation sites is 6. The van der Waals surface area contributed by atoms with E-state index in [2.05, 4.69) is 237 Å². The van der Waals surface area contributed by atoms with Crippen molar-refractivity contribution in [2.24, 2.45) is 0 Å². The summed E-state index contributed by atoms with van der Waals surface area (Å²) >= 11 is 0. The molecular weight excluding hydrogens is 717 g/mol. The summed E-state index contributed by atoms with van der Waals surface area (Å²) in [6.07, 6.45) is 10.0. The minimum absolute atomic E-state index is 0.786. The fraction of sp³-hybridized carbons (Fsp3) is 0.0182. The molecule has 0 fully saturated rings. The molecule has 11 aromatic rings. The molecule has 278 valence electrons. The molecule has 0 N–H and O–H groups in total. The summed E-state index contributed by atoms with van der Waals surface area (Å²) in [6, 6.07) is 70.3. The topological polar surface area (TPSA) is 18.0 Å². The molecule has 59 heavy (non-hydrogen) atoms. The summed E-state index contributed by atoms with van der Waals surface area (Å²) in [7, 11) is 0. The molecule has 0 radical (unpaired) electrons. The van der Waals surface area contributed by atoms with Gasteiger partial charge in [-0.3, -0.25) is 0 Å². The summed E-state index contributed by atoms with van der Waals surface area (Å²) in [5.41, 5.74) is 14.0. The molecule has 4 heteroatoms. The first-order chi connectivity index (χ1) is 29.3. The van der Waals surface area contributed by atoms with Gasteiger partial charge in [-0.05, 0) is 104 Å². The second-order valence-electron chi connectivity index (χ2n) is 15.3. The van der Waals surface area contributed by atoms with Crippen LogP contribution in [0.25, 0.3) is 82.5 Å². The van der Waals surface area contributed by atoms with Crippen molar-refractivity contribution in [2.45, 2.75) is 6.42 Å². The van der Waals surface area contributed by atoms with E-state index in [9.17, 15) is 0 Å². The SMILES string of the molecule is C1=CC(n2c3ccccc3c3ccccc32)=CCC=C1N(c1ccc(-n2c3ccccc3c3ccccc32)cc1)c1ccc(-n2c3ccccc3c3ccccc32)cc1. The van der Waals surface area contributed by atoms with E-state index in [1.54, 1.807) is 0 Å². The van der Waals surface area contributed by atoms with Crippen LogP contribution >= 0.6 is 0 Å². The molecular formula is C55H38N4. The first kappa shape index (κ1) is 33.3. The van der Waals surface area contributed by atoms with Crippen LogP contribution in [-0.2, 0) is 0 Å². The zero-order chi connectivity index (χ0) is 38.9. The third kappa shape index (κ3) is 5.23. The largest absolute Gasteiger partial charge is 0.311 e. The molecule has 4 nitrogen and oxygen atoms in total. The Balaban J connectivity index is 0.981. The van der Waals surface area contributed by atoms with Gasteiger partial charge in [0.05, 0.1) is 33.1 Å². The molecule has 0 aliphatic heterocycles. The molecule has 1 aliphatic carbocycles.